The summed E-state index contributed by atoms with van der Waals surface area (Å²) in [4.78, 5) is 0. The van der Waals surface area contributed by atoms with Crippen molar-refractivity contribution in [1.29, 1.82) is 0 Å². The van der Waals surface area contributed by atoms with Crippen molar-refractivity contribution in [3.05, 3.63) is 54.1 Å². The lowest BCUT2D eigenvalue weighted by atomic mass is 9.97. The second kappa shape index (κ2) is 5.72. The maximum atomic E-state index is 3.31. The van der Waals surface area contributed by atoms with Crippen molar-refractivity contribution in [3.63, 3.8) is 0 Å². The normalized spacial score (nSPS) is 10.7. The van der Waals surface area contributed by atoms with Gasteiger partial charge in [-0.1, -0.05) is 56.3 Å². The predicted molar refractivity (Wildman–Crippen MR) is 80.0 cm³/mol. The van der Waals surface area contributed by atoms with E-state index in [0.29, 0.717) is 5.92 Å². The maximum Gasteiger partial charge on any atom is 0.0420 e. The topological polar surface area (TPSA) is 12.0 Å². The average molecular weight is 239 g/mol. The van der Waals surface area contributed by atoms with Crippen LogP contribution in [-0.2, 0) is 6.42 Å². The minimum Gasteiger partial charge on any atom is -0.388 e. The van der Waals surface area contributed by atoms with Gasteiger partial charge in [0, 0.05) is 18.3 Å². The number of rotatable bonds is 4. The minimum atomic E-state index is 0.692. The molecule has 1 nitrogen and oxygen atoms in total. The number of hydrogen-bond donors (Lipinski definition) is 1. The Bertz CT molecular complexity index is 500. The largest absolute Gasteiger partial charge is 0.388 e. The van der Waals surface area contributed by atoms with Crippen molar-refractivity contribution < 1.29 is 0 Å². The summed E-state index contributed by atoms with van der Waals surface area (Å²) in [6, 6.07) is 17.2. The lowest BCUT2D eigenvalue weighted by molar-refractivity contribution is 0.647. The third-order valence-corrected chi connectivity index (χ3v) is 3.08. The van der Waals surface area contributed by atoms with Gasteiger partial charge in [-0.05, 0) is 29.5 Å². The quantitative estimate of drug-likeness (QED) is 0.822. The molecule has 0 radical (unpaired) electrons. The van der Waals surface area contributed by atoms with Gasteiger partial charge in [-0.2, -0.15) is 0 Å². The third kappa shape index (κ3) is 2.92. The summed E-state index contributed by atoms with van der Waals surface area (Å²) in [5.74, 6) is 0.692. The van der Waals surface area contributed by atoms with Crippen molar-refractivity contribution in [2.75, 3.05) is 12.4 Å². The Balaban J connectivity index is 2.38. The zero-order chi connectivity index (χ0) is 13.0. The molecule has 0 aliphatic heterocycles. The van der Waals surface area contributed by atoms with Crippen LogP contribution in [0.5, 0.6) is 0 Å². The first-order chi connectivity index (χ1) is 8.70. The summed E-state index contributed by atoms with van der Waals surface area (Å²) < 4.78 is 0. The molecule has 0 fully saturated rings. The number of hydrogen-bond acceptors (Lipinski definition) is 1. The van der Waals surface area contributed by atoms with Crippen LogP contribution in [-0.4, -0.2) is 7.05 Å². The first-order valence-electron chi connectivity index (χ1n) is 6.57. The van der Waals surface area contributed by atoms with E-state index >= 15 is 0 Å². The highest BCUT2D eigenvalue weighted by atomic mass is 14.8. The molecule has 2 rings (SSSR count). The lowest BCUT2D eigenvalue weighted by Crippen LogP contribution is -1.97. The Kier molecular flexibility index (Phi) is 4.03. The molecular weight excluding hydrogens is 218 g/mol. The number of anilines is 1. The molecule has 0 saturated heterocycles. The van der Waals surface area contributed by atoms with E-state index < -0.39 is 0 Å². The van der Waals surface area contributed by atoms with Gasteiger partial charge in [0.1, 0.15) is 0 Å². The fraction of sp³-hybridized carbons (Fsp3) is 0.294. The summed E-state index contributed by atoms with van der Waals surface area (Å²) >= 11 is 0. The van der Waals surface area contributed by atoms with Crippen LogP contribution in [0.2, 0.25) is 0 Å². The zero-order valence-electron chi connectivity index (χ0n) is 11.4. The molecule has 0 unspecified atom stereocenters. The first kappa shape index (κ1) is 12.7. The fourth-order valence-corrected chi connectivity index (χ4v) is 2.27. The molecule has 0 saturated carbocycles. The molecule has 18 heavy (non-hydrogen) atoms. The van der Waals surface area contributed by atoms with Crippen LogP contribution in [0, 0.1) is 5.92 Å². The molecule has 0 aliphatic carbocycles. The summed E-state index contributed by atoms with van der Waals surface area (Å²) in [7, 11) is 1.99. The molecule has 0 bridgehead atoms. The first-order valence-corrected chi connectivity index (χ1v) is 6.57. The van der Waals surface area contributed by atoms with Crippen LogP contribution in [0.3, 0.4) is 0 Å². The molecule has 0 atom stereocenters. The monoisotopic (exact) mass is 239 g/mol. The van der Waals surface area contributed by atoms with Crippen molar-refractivity contribution in [1.82, 2.24) is 0 Å². The van der Waals surface area contributed by atoms with Crippen molar-refractivity contribution in [2.45, 2.75) is 20.3 Å². The Labute approximate surface area is 110 Å². The van der Waals surface area contributed by atoms with Crippen LogP contribution < -0.4 is 5.32 Å². The van der Waals surface area contributed by atoms with E-state index in [0.717, 1.165) is 6.42 Å². The van der Waals surface area contributed by atoms with Crippen molar-refractivity contribution in [2.24, 2.45) is 5.92 Å². The molecule has 1 heteroatoms. The molecule has 2 aromatic rings. The standard InChI is InChI=1S/C17H21N/c1-13(2)11-14-9-10-16(17(12-14)18-3)15-7-5-4-6-8-15/h4-10,12-13,18H,11H2,1-3H3. The smallest absolute Gasteiger partial charge is 0.0420 e. The molecule has 0 aliphatic rings. The van der Waals surface area contributed by atoms with E-state index in [2.05, 4.69) is 67.7 Å². The van der Waals surface area contributed by atoms with Gasteiger partial charge in [-0.15, -0.1) is 0 Å². The lowest BCUT2D eigenvalue weighted by Gasteiger charge is -2.13. The average Bonchev–Trinajstić information content (AvgIpc) is 2.39. The predicted octanol–water partition coefficient (Wildman–Crippen LogP) is 4.59. The summed E-state index contributed by atoms with van der Waals surface area (Å²) in [5, 5.41) is 3.31. The van der Waals surface area contributed by atoms with Gasteiger partial charge in [0.2, 0.25) is 0 Å². The van der Waals surface area contributed by atoms with Gasteiger partial charge in [0.15, 0.2) is 0 Å². The van der Waals surface area contributed by atoms with Crippen LogP contribution in [0.15, 0.2) is 48.5 Å². The van der Waals surface area contributed by atoms with E-state index in [9.17, 15) is 0 Å². The van der Waals surface area contributed by atoms with E-state index in [4.69, 9.17) is 0 Å². The van der Waals surface area contributed by atoms with Gasteiger partial charge < -0.3 is 5.32 Å². The van der Waals surface area contributed by atoms with Gasteiger partial charge in [0.25, 0.3) is 0 Å². The zero-order valence-corrected chi connectivity index (χ0v) is 11.4. The molecule has 0 amide bonds. The minimum absolute atomic E-state index is 0.692. The summed E-state index contributed by atoms with van der Waals surface area (Å²) in [5.41, 5.74) is 5.14. The molecule has 94 valence electrons. The highest BCUT2D eigenvalue weighted by Gasteiger charge is 2.06. The highest BCUT2D eigenvalue weighted by Crippen LogP contribution is 2.29. The summed E-state index contributed by atoms with van der Waals surface area (Å²) in [6.07, 6.45) is 1.13. The molecule has 0 heterocycles. The third-order valence-electron chi connectivity index (χ3n) is 3.08. The Hall–Kier alpha value is -1.76. The van der Waals surface area contributed by atoms with Gasteiger partial charge >= 0.3 is 0 Å². The highest BCUT2D eigenvalue weighted by molar-refractivity contribution is 5.78. The molecular formula is C17H21N. The molecule has 0 spiro atoms. The van der Waals surface area contributed by atoms with Crippen molar-refractivity contribution in [3.8, 4) is 11.1 Å². The van der Waals surface area contributed by atoms with Crippen LogP contribution in [0.25, 0.3) is 11.1 Å². The van der Waals surface area contributed by atoms with Crippen molar-refractivity contribution >= 4 is 5.69 Å². The van der Waals surface area contributed by atoms with E-state index in [1.807, 2.05) is 7.05 Å². The second-order valence-electron chi connectivity index (χ2n) is 5.09. The van der Waals surface area contributed by atoms with Crippen LogP contribution in [0.4, 0.5) is 5.69 Å². The number of benzene rings is 2. The SMILES string of the molecule is CNc1cc(CC(C)C)ccc1-c1ccccc1. The second-order valence-corrected chi connectivity index (χ2v) is 5.09. The molecule has 2 aromatic carbocycles. The van der Waals surface area contributed by atoms with E-state index in [1.165, 1.54) is 22.4 Å². The van der Waals surface area contributed by atoms with Gasteiger partial charge in [0.05, 0.1) is 0 Å². The van der Waals surface area contributed by atoms with E-state index in [-0.39, 0.29) is 0 Å². The van der Waals surface area contributed by atoms with Crippen LogP contribution >= 0.6 is 0 Å². The van der Waals surface area contributed by atoms with Gasteiger partial charge in [-0.3, -0.25) is 0 Å². The fourth-order valence-electron chi connectivity index (χ4n) is 2.27. The Morgan fingerprint density at radius 3 is 2.33 bits per heavy atom. The Morgan fingerprint density at radius 1 is 1.00 bits per heavy atom. The maximum absolute atomic E-state index is 3.31. The molecule has 1 N–H and O–H groups in total. The summed E-state index contributed by atoms with van der Waals surface area (Å²) in [6.45, 7) is 4.51. The number of nitrogens with one attached hydrogen (secondary N) is 1. The van der Waals surface area contributed by atoms with Crippen LogP contribution in [0.1, 0.15) is 19.4 Å². The Morgan fingerprint density at radius 2 is 1.72 bits per heavy atom. The van der Waals surface area contributed by atoms with Gasteiger partial charge in [-0.25, -0.2) is 0 Å². The molecule has 0 aromatic heterocycles. The van der Waals surface area contributed by atoms with E-state index in [1.54, 1.807) is 0 Å².